The van der Waals surface area contributed by atoms with Gasteiger partial charge in [-0.25, -0.2) is 4.98 Å². The highest BCUT2D eigenvalue weighted by molar-refractivity contribution is 5.29. The molecule has 0 bridgehead atoms. The summed E-state index contributed by atoms with van der Waals surface area (Å²) in [7, 11) is 0. The molecule has 1 saturated carbocycles. The molecular weight excluding hydrogens is 190 g/mol. The van der Waals surface area contributed by atoms with E-state index in [2.05, 4.69) is 15.3 Å². The number of aliphatic hydroxyl groups is 1. The SMILES string of the molecule is OC1CCC(CNc2cnccn2)CC1. The molecule has 0 aliphatic heterocycles. The van der Waals surface area contributed by atoms with Gasteiger partial charge >= 0.3 is 0 Å². The zero-order chi connectivity index (χ0) is 10.5. The third-order valence-corrected chi connectivity index (χ3v) is 2.95. The zero-order valence-corrected chi connectivity index (χ0v) is 8.76. The van der Waals surface area contributed by atoms with Gasteiger partial charge in [0, 0.05) is 18.9 Å². The molecule has 1 heterocycles. The Morgan fingerprint density at radius 1 is 1.27 bits per heavy atom. The monoisotopic (exact) mass is 207 g/mol. The van der Waals surface area contributed by atoms with Crippen LogP contribution < -0.4 is 5.32 Å². The summed E-state index contributed by atoms with van der Waals surface area (Å²) in [4.78, 5) is 8.15. The van der Waals surface area contributed by atoms with Crippen LogP contribution in [0.2, 0.25) is 0 Å². The lowest BCUT2D eigenvalue weighted by atomic mass is 9.87. The van der Waals surface area contributed by atoms with E-state index in [0.29, 0.717) is 5.92 Å². The van der Waals surface area contributed by atoms with Gasteiger partial charge in [0.15, 0.2) is 0 Å². The van der Waals surface area contributed by atoms with E-state index in [-0.39, 0.29) is 6.10 Å². The van der Waals surface area contributed by atoms with E-state index in [1.165, 1.54) is 0 Å². The van der Waals surface area contributed by atoms with Crippen molar-refractivity contribution in [2.45, 2.75) is 31.8 Å². The smallest absolute Gasteiger partial charge is 0.144 e. The Morgan fingerprint density at radius 3 is 2.73 bits per heavy atom. The highest BCUT2D eigenvalue weighted by Gasteiger charge is 2.18. The molecule has 2 N–H and O–H groups in total. The highest BCUT2D eigenvalue weighted by atomic mass is 16.3. The van der Waals surface area contributed by atoms with Crippen molar-refractivity contribution in [3.63, 3.8) is 0 Å². The average molecular weight is 207 g/mol. The Kier molecular flexibility index (Phi) is 3.50. The van der Waals surface area contributed by atoms with Crippen molar-refractivity contribution in [2.24, 2.45) is 5.92 Å². The number of hydrogen-bond donors (Lipinski definition) is 2. The Balaban J connectivity index is 1.74. The number of rotatable bonds is 3. The van der Waals surface area contributed by atoms with Gasteiger partial charge in [0.05, 0.1) is 12.3 Å². The van der Waals surface area contributed by atoms with E-state index in [9.17, 15) is 5.11 Å². The van der Waals surface area contributed by atoms with E-state index >= 15 is 0 Å². The molecule has 1 aromatic rings. The first-order valence-electron chi connectivity index (χ1n) is 5.52. The van der Waals surface area contributed by atoms with Crippen LogP contribution >= 0.6 is 0 Å². The average Bonchev–Trinajstić information content (AvgIpc) is 2.30. The number of hydrogen-bond acceptors (Lipinski definition) is 4. The first-order chi connectivity index (χ1) is 7.34. The van der Waals surface area contributed by atoms with E-state index in [1.54, 1.807) is 18.6 Å². The van der Waals surface area contributed by atoms with Crippen molar-refractivity contribution < 1.29 is 5.11 Å². The second-order valence-corrected chi connectivity index (χ2v) is 4.15. The van der Waals surface area contributed by atoms with E-state index in [4.69, 9.17) is 0 Å². The van der Waals surface area contributed by atoms with Crippen molar-refractivity contribution in [1.82, 2.24) is 9.97 Å². The molecule has 0 amide bonds. The third-order valence-electron chi connectivity index (χ3n) is 2.95. The van der Waals surface area contributed by atoms with Crippen molar-refractivity contribution in [1.29, 1.82) is 0 Å². The molecule has 4 nitrogen and oxygen atoms in total. The van der Waals surface area contributed by atoms with Crippen LogP contribution in [0.3, 0.4) is 0 Å². The summed E-state index contributed by atoms with van der Waals surface area (Å²) in [5.74, 6) is 1.50. The fourth-order valence-electron chi connectivity index (χ4n) is 1.99. The van der Waals surface area contributed by atoms with Crippen molar-refractivity contribution in [3.8, 4) is 0 Å². The number of nitrogens with zero attached hydrogens (tertiary/aromatic N) is 2. The largest absolute Gasteiger partial charge is 0.393 e. The van der Waals surface area contributed by atoms with Crippen molar-refractivity contribution in [2.75, 3.05) is 11.9 Å². The molecule has 0 spiro atoms. The molecule has 4 heteroatoms. The van der Waals surface area contributed by atoms with Gasteiger partial charge in [-0.1, -0.05) is 0 Å². The molecule has 1 fully saturated rings. The molecule has 0 unspecified atom stereocenters. The van der Waals surface area contributed by atoms with E-state index in [1.807, 2.05) is 0 Å². The summed E-state index contributed by atoms with van der Waals surface area (Å²) in [5.41, 5.74) is 0. The minimum absolute atomic E-state index is 0.0715. The number of aromatic nitrogens is 2. The molecular formula is C11H17N3O. The van der Waals surface area contributed by atoms with Crippen molar-refractivity contribution >= 4 is 5.82 Å². The minimum atomic E-state index is -0.0715. The Hall–Kier alpha value is -1.16. The molecule has 82 valence electrons. The molecule has 0 saturated heterocycles. The van der Waals surface area contributed by atoms with Crippen molar-refractivity contribution in [3.05, 3.63) is 18.6 Å². The van der Waals surface area contributed by atoms with Gasteiger partial charge in [0.25, 0.3) is 0 Å². The molecule has 0 atom stereocenters. The summed E-state index contributed by atoms with van der Waals surface area (Å²) < 4.78 is 0. The summed E-state index contributed by atoms with van der Waals surface area (Å²) in [5, 5.41) is 12.6. The lowest BCUT2D eigenvalue weighted by molar-refractivity contribution is 0.111. The first-order valence-corrected chi connectivity index (χ1v) is 5.52. The summed E-state index contributed by atoms with van der Waals surface area (Å²) in [6, 6.07) is 0. The standard InChI is InChI=1S/C11H17N3O/c15-10-3-1-9(2-4-10)7-14-11-8-12-5-6-13-11/h5-6,8-10,15H,1-4,7H2,(H,13,14). The predicted octanol–water partition coefficient (Wildman–Crippen LogP) is 1.44. The van der Waals surface area contributed by atoms with Gasteiger partial charge in [-0.15, -0.1) is 0 Å². The van der Waals surface area contributed by atoms with Gasteiger partial charge in [-0.3, -0.25) is 4.98 Å². The number of aliphatic hydroxyl groups excluding tert-OH is 1. The lowest BCUT2D eigenvalue weighted by Gasteiger charge is -2.25. The molecule has 1 aliphatic carbocycles. The van der Waals surface area contributed by atoms with Gasteiger partial charge in [0.2, 0.25) is 0 Å². The molecule has 0 aromatic carbocycles. The normalized spacial score (nSPS) is 26.2. The number of anilines is 1. The van der Waals surface area contributed by atoms with E-state index < -0.39 is 0 Å². The van der Waals surface area contributed by atoms with Crippen LogP contribution in [-0.4, -0.2) is 27.7 Å². The lowest BCUT2D eigenvalue weighted by Crippen LogP contribution is -2.23. The molecule has 1 aromatic heterocycles. The Bertz CT molecular complexity index is 283. The molecule has 2 rings (SSSR count). The van der Waals surface area contributed by atoms with Gasteiger partial charge in [0.1, 0.15) is 5.82 Å². The van der Waals surface area contributed by atoms with Crippen LogP contribution in [0.4, 0.5) is 5.82 Å². The minimum Gasteiger partial charge on any atom is -0.393 e. The fourth-order valence-corrected chi connectivity index (χ4v) is 1.99. The third kappa shape index (κ3) is 3.16. The van der Waals surface area contributed by atoms with Crippen LogP contribution in [0, 0.1) is 5.92 Å². The highest BCUT2D eigenvalue weighted by Crippen LogP contribution is 2.24. The molecule has 1 aliphatic rings. The summed E-state index contributed by atoms with van der Waals surface area (Å²) >= 11 is 0. The van der Waals surface area contributed by atoms with Crippen LogP contribution in [0.25, 0.3) is 0 Å². The van der Waals surface area contributed by atoms with Gasteiger partial charge < -0.3 is 10.4 Å². The van der Waals surface area contributed by atoms with Gasteiger partial charge in [-0.05, 0) is 31.6 Å². The molecule has 0 radical (unpaired) electrons. The maximum atomic E-state index is 9.37. The maximum Gasteiger partial charge on any atom is 0.144 e. The fraction of sp³-hybridized carbons (Fsp3) is 0.636. The zero-order valence-electron chi connectivity index (χ0n) is 8.76. The summed E-state index contributed by atoms with van der Waals surface area (Å²) in [6.45, 7) is 0.936. The van der Waals surface area contributed by atoms with Crippen LogP contribution in [-0.2, 0) is 0 Å². The second-order valence-electron chi connectivity index (χ2n) is 4.15. The quantitative estimate of drug-likeness (QED) is 0.787. The summed E-state index contributed by atoms with van der Waals surface area (Å²) in [6.07, 6.45) is 9.10. The van der Waals surface area contributed by atoms with Crippen LogP contribution in [0.5, 0.6) is 0 Å². The Labute approximate surface area is 89.8 Å². The first kappa shape index (κ1) is 10.4. The van der Waals surface area contributed by atoms with Crippen LogP contribution in [0.15, 0.2) is 18.6 Å². The predicted molar refractivity (Wildman–Crippen MR) is 58.5 cm³/mol. The topological polar surface area (TPSA) is 58.0 Å². The maximum absolute atomic E-state index is 9.37. The molecule has 15 heavy (non-hydrogen) atoms. The van der Waals surface area contributed by atoms with Crippen LogP contribution in [0.1, 0.15) is 25.7 Å². The second kappa shape index (κ2) is 5.07. The number of nitrogens with one attached hydrogen (secondary N) is 1. The van der Waals surface area contributed by atoms with Gasteiger partial charge in [-0.2, -0.15) is 0 Å². The Morgan fingerprint density at radius 2 is 2.07 bits per heavy atom. The van der Waals surface area contributed by atoms with E-state index in [0.717, 1.165) is 38.0 Å².